The van der Waals surface area contributed by atoms with E-state index in [2.05, 4.69) is 31.2 Å². The standard InChI is InChI=1S/C22H25N5O2S/c1-14(28)15-6-10-27(11-7-15)20-21(24-9-8-23-20)29-17-12-16(13-17)25-22-26-18-4-2-3-5-19(18)30-22/h2-5,8-9,15-17H,6-7,10-13H2,1H3,(H,25,26)/t16-,17-. The van der Waals surface area contributed by atoms with Gasteiger partial charge in [0.05, 0.1) is 10.2 Å². The van der Waals surface area contributed by atoms with Crippen LogP contribution in [0.1, 0.15) is 32.6 Å². The van der Waals surface area contributed by atoms with Crippen molar-refractivity contribution in [2.24, 2.45) is 5.92 Å². The largest absolute Gasteiger partial charge is 0.472 e. The Kier molecular flexibility index (Phi) is 5.25. The third-order valence-corrected chi connectivity index (χ3v) is 6.98. The molecule has 7 nitrogen and oxygen atoms in total. The fourth-order valence-corrected chi connectivity index (χ4v) is 5.10. The van der Waals surface area contributed by atoms with E-state index < -0.39 is 0 Å². The molecule has 8 heteroatoms. The Morgan fingerprint density at radius 1 is 1.17 bits per heavy atom. The summed E-state index contributed by atoms with van der Waals surface area (Å²) in [6.45, 7) is 3.31. The topological polar surface area (TPSA) is 80.2 Å². The van der Waals surface area contributed by atoms with Crippen molar-refractivity contribution in [3.8, 4) is 5.88 Å². The van der Waals surface area contributed by atoms with Crippen LogP contribution in [0.5, 0.6) is 5.88 Å². The Morgan fingerprint density at radius 3 is 2.70 bits per heavy atom. The molecule has 0 unspecified atom stereocenters. The number of nitrogens with one attached hydrogen (secondary N) is 1. The van der Waals surface area contributed by atoms with E-state index in [-0.39, 0.29) is 17.8 Å². The molecule has 0 bridgehead atoms. The third kappa shape index (κ3) is 3.96. The van der Waals surface area contributed by atoms with E-state index in [9.17, 15) is 4.79 Å². The lowest BCUT2D eigenvalue weighted by Crippen LogP contribution is -2.43. The van der Waals surface area contributed by atoms with Gasteiger partial charge in [0.2, 0.25) is 0 Å². The van der Waals surface area contributed by atoms with Crippen molar-refractivity contribution in [1.82, 2.24) is 15.0 Å². The lowest BCUT2D eigenvalue weighted by Gasteiger charge is -2.37. The molecule has 2 fully saturated rings. The van der Waals surface area contributed by atoms with Gasteiger partial charge in [-0.1, -0.05) is 23.5 Å². The van der Waals surface area contributed by atoms with Crippen molar-refractivity contribution in [2.75, 3.05) is 23.3 Å². The Morgan fingerprint density at radius 2 is 1.93 bits per heavy atom. The lowest BCUT2D eigenvalue weighted by molar-refractivity contribution is -0.121. The number of para-hydroxylation sites is 1. The Balaban J connectivity index is 1.17. The maximum Gasteiger partial charge on any atom is 0.257 e. The molecule has 1 aliphatic carbocycles. The van der Waals surface area contributed by atoms with Crippen molar-refractivity contribution < 1.29 is 9.53 Å². The zero-order chi connectivity index (χ0) is 20.5. The number of rotatable bonds is 6. The number of ketones is 1. The monoisotopic (exact) mass is 423 g/mol. The fraction of sp³-hybridized carbons (Fsp3) is 0.455. The molecular formula is C22H25N5O2S. The predicted molar refractivity (Wildman–Crippen MR) is 118 cm³/mol. The summed E-state index contributed by atoms with van der Waals surface area (Å²) in [5, 5.41) is 4.49. The molecule has 156 valence electrons. The van der Waals surface area contributed by atoms with Crippen LogP contribution >= 0.6 is 11.3 Å². The van der Waals surface area contributed by atoms with Crippen molar-refractivity contribution in [1.29, 1.82) is 0 Å². The SMILES string of the molecule is CC(=O)C1CCN(c2nccnc2O[C@H]2C[C@H](Nc3nc4ccccc4s3)C2)CC1. The van der Waals surface area contributed by atoms with Crippen LogP contribution in [0.4, 0.5) is 10.9 Å². The van der Waals surface area contributed by atoms with E-state index >= 15 is 0 Å². The smallest absolute Gasteiger partial charge is 0.257 e. The predicted octanol–water partition coefficient (Wildman–Crippen LogP) is 3.91. The van der Waals surface area contributed by atoms with Crippen LogP contribution in [0.25, 0.3) is 10.2 Å². The molecule has 1 saturated heterocycles. The Bertz CT molecular complexity index is 1010. The number of carbonyl (C=O) groups excluding carboxylic acids is 1. The van der Waals surface area contributed by atoms with E-state index in [0.717, 1.165) is 55.2 Å². The second-order valence-corrected chi connectivity index (χ2v) is 9.13. The van der Waals surface area contributed by atoms with Gasteiger partial charge in [-0.05, 0) is 31.9 Å². The van der Waals surface area contributed by atoms with Gasteiger partial charge in [-0.25, -0.2) is 15.0 Å². The quantitative estimate of drug-likeness (QED) is 0.644. The summed E-state index contributed by atoms with van der Waals surface area (Å²) < 4.78 is 7.40. The Labute approximate surface area is 179 Å². The first-order chi connectivity index (χ1) is 14.7. The molecule has 5 rings (SSSR count). The first kappa shape index (κ1) is 19.2. The zero-order valence-corrected chi connectivity index (χ0v) is 17.8. The minimum absolute atomic E-state index is 0.127. The van der Waals surface area contributed by atoms with Gasteiger partial charge in [0.15, 0.2) is 10.9 Å². The van der Waals surface area contributed by atoms with Gasteiger partial charge in [-0.3, -0.25) is 4.79 Å². The van der Waals surface area contributed by atoms with E-state index in [1.54, 1.807) is 30.7 Å². The number of ether oxygens (including phenoxy) is 1. The van der Waals surface area contributed by atoms with E-state index in [0.29, 0.717) is 11.9 Å². The molecule has 1 aliphatic heterocycles. The summed E-state index contributed by atoms with van der Waals surface area (Å²) in [5.41, 5.74) is 1.04. The number of Topliss-reactive ketones (excluding diaryl/α,β-unsaturated/α-hetero) is 1. The van der Waals surface area contributed by atoms with Crippen LogP contribution in [-0.2, 0) is 4.79 Å². The highest BCUT2D eigenvalue weighted by molar-refractivity contribution is 7.22. The summed E-state index contributed by atoms with van der Waals surface area (Å²) in [7, 11) is 0. The molecule has 0 spiro atoms. The second-order valence-electron chi connectivity index (χ2n) is 8.10. The van der Waals surface area contributed by atoms with E-state index in [4.69, 9.17) is 4.74 Å². The number of benzene rings is 1. The summed E-state index contributed by atoms with van der Waals surface area (Å²) in [5.74, 6) is 1.85. The van der Waals surface area contributed by atoms with Crippen LogP contribution in [0.2, 0.25) is 0 Å². The Hall–Kier alpha value is -2.74. The molecular weight excluding hydrogens is 398 g/mol. The minimum atomic E-state index is 0.127. The van der Waals surface area contributed by atoms with Crippen molar-refractivity contribution in [3.05, 3.63) is 36.7 Å². The van der Waals surface area contributed by atoms with E-state index in [1.807, 2.05) is 18.2 Å². The molecule has 30 heavy (non-hydrogen) atoms. The average Bonchev–Trinajstić information content (AvgIpc) is 3.15. The number of carbonyl (C=O) groups is 1. The molecule has 0 radical (unpaired) electrons. The van der Waals surface area contributed by atoms with Crippen LogP contribution in [0, 0.1) is 5.92 Å². The van der Waals surface area contributed by atoms with Gasteiger partial charge < -0.3 is 15.0 Å². The molecule has 0 atom stereocenters. The highest BCUT2D eigenvalue weighted by Crippen LogP contribution is 2.34. The van der Waals surface area contributed by atoms with Crippen LogP contribution in [0.15, 0.2) is 36.7 Å². The number of piperidine rings is 1. The average molecular weight is 424 g/mol. The summed E-state index contributed by atoms with van der Waals surface area (Å²) in [6.07, 6.45) is 7.07. The maximum atomic E-state index is 11.6. The van der Waals surface area contributed by atoms with Gasteiger partial charge in [-0.15, -0.1) is 0 Å². The van der Waals surface area contributed by atoms with Gasteiger partial charge in [0, 0.05) is 50.3 Å². The molecule has 2 aromatic heterocycles. The number of hydrogen-bond acceptors (Lipinski definition) is 8. The van der Waals surface area contributed by atoms with Gasteiger partial charge in [-0.2, -0.15) is 0 Å². The van der Waals surface area contributed by atoms with Gasteiger partial charge in [0.25, 0.3) is 5.88 Å². The van der Waals surface area contributed by atoms with E-state index in [1.165, 1.54) is 4.70 Å². The van der Waals surface area contributed by atoms with Crippen molar-refractivity contribution >= 4 is 38.3 Å². The molecule has 2 aliphatic rings. The van der Waals surface area contributed by atoms with Crippen LogP contribution in [0.3, 0.4) is 0 Å². The zero-order valence-electron chi connectivity index (χ0n) is 17.0. The molecule has 3 aromatic rings. The normalized spacial score (nSPS) is 22.0. The first-order valence-electron chi connectivity index (χ1n) is 10.5. The number of fused-ring (bicyclic) bond motifs is 1. The molecule has 3 heterocycles. The number of aromatic nitrogens is 3. The third-order valence-electron chi connectivity index (χ3n) is 6.01. The first-order valence-corrected chi connectivity index (χ1v) is 11.3. The number of hydrogen-bond donors (Lipinski definition) is 1. The van der Waals surface area contributed by atoms with Crippen LogP contribution in [-0.4, -0.2) is 46.0 Å². The molecule has 1 saturated carbocycles. The number of anilines is 2. The van der Waals surface area contributed by atoms with Crippen molar-refractivity contribution in [2.45, 2.75) is 44.8 Å². The van der Waals surface area contributed by atoms with Crippen molar-refractivity contribution in [3.63, 3.8) is 0 Å². The molecule has 1 aromatic carbocycles. The maximum absolute atomic E-state index is 11.6. The lowest BCUT2D eigenvalue weighted by atomic mass is 9.89. The minimum Gasteiger partial charge on any atom is -0.472 e. The van der Waals surface area contributed by atoms with Crippen LogP contribution < -0.4 is 15.0 Å². The highest BCUT2D eigenvalue weighted by Gasteiger charge is 2.33. The molecule has 1 N–H and O–H groups in total. The molecule has 0 amide bonds. The number of thiazole rings is 1. The summed E-state index contributed by atoms with van der Waals surface area (Å²) in [6, 6.07) is 8.55. The number of nitrogens with zero attached hydrogens (tertiary/aromatic N) is 4. The summed E-state index contributed by atoms with van der Waals surface area (Å²) >= 11 is 1.69. The highest BCUT2D eigenvalue weighted by atomic mass is 32.1. The second kappa shape index (κ2) is 8.18. The summed E-state index contributed by atoms with van der Waals surface area (Å²) in [4.78, 5) is 27.4. The fourth-order valence-electron chi connectivity index (χ4n) is 4.16. The van der Waals surface area contributed by atoms with Gasteiger partial charge in [0.1, 0.15) is 11.9 Å². The van der Waals surface area contributed by atoms with Gasteiger partial charge >= 0.3 is 0 Å².